The molecule has 3 rings (SSSR count). The van der Waals surface area contributed by atoms with Crippen molar-refractivity contribution < 1.29 is 14.3 Å². The topological polar surface area (TPSA) is 65.5 Å². The van der Waals surface area contributed by atoms with Gasteiger partial charge in [-0.05, 0) is 48.9 Å². The van der Waals surface area contributed by atoms with Crippen molar-refractivity contribution in [1.29, 1.82) is 0 Å². The fourth-order valence-electron chi connectivity index (χ4n) is 2.94. The number of β-amino-alcohol motifs (C(OH)–C–C–N with tert-alkyl or cyclic N) is 1. The summed E-state index contributed by atoms with van der Waals surface area (Å²) < 4.78 is 13.0. The van der Waals surface area contributed by atoms with Crippen molar-refractivity contribution in [3.8, 4) is 0 Å². The third-order valence-electron chi connectivity index (χ3n) is 4.24. The van der Waals surface area contributed by atoms with Crippen LogP contribution in [0.15, 0.2) is 29.8 Å². The summed E-state index contributed by atoms with van der Waals surface area (Å²) in [5.74, 6) is 0.0903. The Kier molecular flexibility index (Phi) is 4.82. The van der Waals surface area contributed by atoms with Gasteiger partial charge >= 0.3 is 0 Å². The number of nitrogens with one attached hydrogen (secondary N) is 1. The molecule has 0 aromatic carbocycles. The summed E-state index contributed by atoms with van der Waals surface area (Å²) in [4.78, 5) is 18.9. The highest BCUT2D eigenvalue weighted by molar-refractivity contribution is 7.12. The largest absolute Gasteiger partial charge is 0.386 e. The molecule has 0 bridgehead atoms. The van der Waals surface area contributed by atoms with E-state index in [-0.39, 0.29) is 18.3 Å². The van der Waals surface area contributed by atoms with Gasteiger partial charge in [-0.2, -0.15) is 0 Å². The number of aryl methyl sites for hydroxylation is 1. The molecular formula is C17H20FN3O2S. The molecule has 0 unspecified atom stereocenters. The maximum atomic E-state index is 13.0. The van der Waals surface area contributed by atoms with E-state index in [1.165, 1.54) is 23.6 Å². The normalized spacial score (nSPS) is 20.9. The smallest absolute Gasteiger partial charge is 0.261 e. The van der Waals surface area contributed by atoms with Crippen LogP contribution in [-0.2, 0) is 0 Å². The molecule has 0 radical (unpaired) electrons. The van der Waals surface area contributed by atoms with Gasteiger partial charge in [-0.3, -0.25) is 4.79 Å². The van der Waals surface area contributed by atoms with Gasteiger partial charge in [0.2, 0.25) is 0 Å². The van der Waals surface area contributed by atoms with Gasteiger partial charge in [0.05, 0.1) is 16.7 Å². The number of rotatable bonds is 4. The standard InChI is InChI=1S/C17H20FN3O2S/c1-12-5-8-24-15(12)16(22)20-10-17(23)6-2-7-21(11-17)14-4-3-13(18)9-19-14/h3-5,8-9,23H,2,6-7,10-11H2,1H3,(H,20,22)/t17-/m1/s1. The molecule has 1 fully saturated rings. The summed E-state index contributed by atoms with van der Waals surface area (Å²) >= 11 is 1.39. The molecule has 0 spiro atoms. The third kappa shape index (κ3) is 3.73. The van der Waals surface area contributed by atoms with Gasteiger partial charge in [-0.25, -0.2) is 9.37 Å². The molecule has 1 aliphatic rings. The minimum Gasteiger partial charge on any atom is -0.386 e. The summed E-state index contributed by atoms with van der Waals surface area (Å²) in [6, 6.07) is 4.86. The first-order valence-corrected chi connectivity index (χ1v) is 8.76. The molecule has 1 amide bonds. The minimum absolute atomic E-state index is 0.159. The number of thiophene rings is 1. The van der Waals surface area contributed by atoms with Crippen LogP contribution in [0.4, 0.5) is 10.2 Å². The molecule has 24 heavy (non-hydrogen) atoms. The number of nitrogens with zero attached hydrogens (tertiary/aromatic N) is 2. The van der Waals surface area contributed by atoms with Gasteiger partial charge in [0.15, 0.2) is 0 Å². The van der Waals surface area contributed by atoms with E-state index in [0.717, 1.165) is 18.5 Å². The van der Waals surface area contributed by atoms with E-state index in [1.54, 1.807) is 6.07 Å². The van der Waals surface area contributed by atoms with Gasteiger partial charge in [-0.1, -0.05) is 0 Å². The lowest BCUT2D eigenvalue weighted by molar-refractivity contribution is 0.0255. The van der Waals surface area contributed by atoms with E-state index in [1.807, 2.05) is 23.3 Å². The molecule has 0 saturated carbocycles. The number of amides is 1. The molecule has 1 aliphatic heterocycles. The molecule has 2 N–H and O–H groups in total. The van der Waals surface area contributed by atoms with Crippen LogP contribution in [0.2, 0.25) is 0 Å². The van der Waals surface area contributed by atoms with Crippen LogP contribution in [0, 0.1) is 12.7 Å². The zero-order valence-electron chi connectivity index (χ0n) is 13.5. The fraction of sp³-hybridized carbons (Fsp3) is 0.412. The summed E-state index contributed by atoms with van der Waals surface area (Å²) in [6.45, 7) is 3.18. The summed E-state index contributed by atoms with van der Waals surface area (Å²) in [5.41, 5.74) is -0.0833. The highest BCUT2D eigenvalue weighted by Crippen LogP contribution is 2.25. The number of carbonyl (C=O) groups excluding carboxylic acids is 1. The molecule has 7 heteroatoms. The van der Waals surface area contributed by atoms with E-state index >= 15 is 0 Å². The SMILES string of the molecule is Cc1ccsc1C(=O)NC[C@]1(O)CCCN(c2ccc(F)cn2)C1. The second-order valence-electron chi connectivity index (χ2n) is 6.20. The van der Waals surface area contributed by atoms with Crippen LogP contribution < -0.4 is 10.2 Å². The Balaban J connectivity index is 1.63. The van der Waals surface area contributed by atoms with E-state index in [2.05, 4.69) is 10.3 Å². The number of hydrogen-bond acceptors (Lipinski definition) is 5. The Hall–Kier alpha value is -1.99. The van der Waals surface area contributed by atoms with Crippen LogP contribution in [0.5, 0.6) is 0 Å². The third-order valence-corrected chi connectivity index (χ3v) is 5.25. The number of carbonyl (C=O) groups is 1. The Bertz CT molecular complexity index is 719. The van der Waals surface area contributed by atoms with Crippen molar-refractivity contribution in [2.24, 2.45) is 0 Å². The molecule has 128 valence electrons. The monoisotopic (exact) mass is 349 g/mol. The quantitative estimate of drug-likeness (QED) is 0.889. The van der Waals surface area contributed by atoms with Crippen molar-refractivity contribution in [2.45, 2.75) is 25.4 Å². The van der Waals surface area contributed by atoms with Gasteiger partial charge < -0.3 is 15.3 Å². The Morgan fingerprint density at radius 1 is 1.50 bits per heavy atom. The molecule has 2 aromatic rings. The van der Waals surface area contributed by atoms with Crippen LogP contribution in [0.3, 0.4) is 0 Å². The summed E-state index contributed by atoms with van der Waals surface area (Å²) in [6.07, 6.45) is 2.56. The van der Waals surface area contributed by atoms with Crippen molar-refractivity contribution in [2.75, 3.05) is 24.5 Å². The first-order valence-electron chi connectivity index (χ1n) is 7.88. The fourth-order valence-corrected chi connectivity index (χ4v) is 3.78. The van der Waals surface area contributed by atoms with Crippen LogP contribution in [0.1, 0.15) is 28.1 Å². The van der Waals surface area contributed by atoms with Gasteiger partial charge in [0.25, 0.3) is 5.91 Å². The molecule has 1 saturated heterocycles. The van der Waals surface area contributed by atoms with Crippen molar-refractivity contribution >= 4 is 23.1 Å². The first kappa shape index (κ1) is 16.9. The number of hydrogen-bond donors (Lipinski definition) is 2. The number of pyridine rings is 1. The average Bonchev–Trinajstić information content (AvgIpc) is 3.00. The lowest BCUT2D eigenvalue weighted by Gasteiger charge is -2.39. The first-order chi connectivity index (χ1) is 11.5. The maximum absolute atomic E-state index is 13.0. The van der Waals surface area contributed by atoms with Crippen molar-refractivity contribution in [3.63, 3.8) is 0 Å². The number of anilines is 1. The molecular weight excluding hydrogens is 329 g/mol. The molecule has 0 aliphatic carbocycles. The minimum atomic E-state index is -1.02. The highest BCUT2D eigenvalue weighted by Gasteiger charge is 2.34. The highest BCUT2D eigenvalue weighted by atomic mass is 32.1. The maximum Gasteiger partial charge on any atom is 0.261 e. The second-order valence-corrected chi connectivity index (χ2v) is 7.12. The van der Waals surface area contributed by atoms with Gasteiger partial charge in [-0.15, -0.1) is 11.3 Å². The van der Waals surface area contributed by atoms with E-state index in [9.17, 15) is 14.3 Å². The van der Waals surface area contributed by atoms with Gasteiger partial charge in [0.1, 0.15) is 11.6 Å². The zero-order chi connectivity index (χ0) is 17.2. The lowest BCUT2D eigenvalue weighted by Crippen LogP contribution is -2.54. The number of piperidine rings is 1. The van der Waals surface area contributed by atoms with E-state index < -0.39 is 5.60 Å². The Morgan fingerprint density at radius 3 is 3.00 bits per heavy atom. The number of aliphatic hydroxyl groups is 1. The van der Waals surface area contributed by atoms with Crippen LogP contribution in [0.25, 0.3) is 0 Å². The summed E-state index contributed by atoms with van der Waals surface area (Å²) in [5, 5.41) is 15.5. The lowest BCUT2D eigenvalue weighted by atomic mass is 9.92. The van der Waals surface area contributed by atoms with E-state index in [4.69, 9.17) is 0 Å². The average molecular weight is 349 g/mol. The predicted octanol–water partition coefficient (Wildman–Crippen LogP) is 2.35. The zero-order valence-corrected chi connectivity index (χ0v) is 14.3. The number of aromatic nitrogens is 1. The van der Waals surface area contributed by atoms with Gasteiger partial charge in [0, 0.05) is 19.6 Å². The van der Waals surface area contributed by atoms with Crippen molar-refractivity contribution in [3.05, 3.63) is 46.0 Å². The van der Waals surface area contributed by atoms with Crippen LogP contribution in [-0.4, -0.2) is 41.2 Å². The van der Waals surface area contributed by atoms with Crippen LogP contribution >= 0.6 is 11.3 Å². The molecule has 3 heterocycles. The Labute approximate surface area is 144 Å². The number of halogens is 1. The second kappa shape index (κ2) is 6.86. The summed E-state index contributed by atoms with van der Waals surface area (Å²) in [7, 11) is 0. The van der Waals surface area contributed by atoms with E-state index in [0.29, 0.717) is 23.7 Å². The molecule has 5 nitrogen and oxygen atoms in total. The molecule has 1 atom stereocenters. The molecule has 2 aromatic heterocycles. The Morgan fingerprint density at radius 2 is 2.33 bits per heavy atom. The van der Waals surface area contributed by atoms with Crippen molar-refractivity contribution in [1.82, 2.24) is 10.3 Å². The predicted molar refractivity (Wildman–Crippen MR) is 92.0 cm³/mol.